The largest absolute Gasteiger partial charge is 0.280 e. The fraction of sp³-hybridized carbons (Fsp3) is 0.0455. The van der Waals surface area contributed by atoms with E-state index in [-0.39, 0.29) is 4.90 Å². The Balaban J connectivity index is 1.76. The number of anilines is 4. The molecule has 0 fully saturated rings. The number of halogens is 1. The lowest BCUT2D eigenvalue weighted by atomic mass is 10.1. The molecule has 2 heterocycles. The highest BCUT2D eigenvalue weighted by atomic mass is 35.5. The highest BCUT2D eigenvalue weighted by molar-refractivity contribution is 7.92. The first-order chi connectivity index (χ1) is 14.9. The molecule has 0 saturated carbocycles. The van der Waals surface area contributed by atoms with Gasteiger partial charge in [-0.15, -0.1) is 0 Å². The lowest BCUT2D eigenvalue weighted by Gasteiger charge is -2.25. The van der Waals surface area contributed by atoms with Crippen LogP contribution in [0.15, 0.2) is 90.3 Å². The average molecular weight is 452 g/mol. The van der Waals surface area contributed by atoms with Crippen molar-refractivity contribution in [2.75, 3.05) is 9.62 Å². The third-order valence-electron chi connectivity index (χ3n) is 4.48. The van der Waals surface area contributed by atoms with Gasteiger partial charge in [0.2, 0.25) is 5.95 Å². The lowest BCUT2D eigenvalue weighted by molar-refractivity contribution is 0.601. The van der Waals surface area contributed by atoms with Crippen LogP contribution in [0.2, 0.25) is 5.02 Å². The zero-order chi connectivity index (χ0) is 21.8. The summed E-state index contributed by atoms with van der Waals surface area (Å²) in [5.74, 6) is 0.441. The molecule has 0 aliphatic carbocycles. The summed E-state index contributed by atoms with van der Waals surface area (Å²) in [6, 6.07) is 16.7. The predicted octanol–water partition coefficient (Wildman–Crippen LogP) is 5.10. The Hall–Kier alpha value is -3.49. The van der Waals surface area contributed by atoms with Crippen LogP contribution >= 0.6 is 11.6 Å². The molecule has 0 atom stereocenters. The zero-order valence-corrected chi connectivity index (χ0v) is 18.0. The minimum absolute atomic E-state index is 0.120. The summed E-state index contributed by atoms with van der Waals surface area (Å²) in [5.41, 5.74) is 2.77. The van der Waals surface area contributed by atoms with Gasteiger partial charge in [-0.3, -0.25) is 14.6 Å². The quantitative estimate of drug-likeness (QED) is 0.438. The minimum Gasteiger partial charge on any atom is -0.280 e. The Bertz CT molecular complexity index is 1250. The summed E-state index contributed by atoms with van der Waals surface area (Å²) in [5, 5.41) is 0.464. The number of pyridine rings is 1. The molecule has 2 aromatic heterocycles. The van der Waals surface area contributed by atoms with Gasteiger partial charge < -0.3 is 0 Å². The van der Waals surface area contributed by atoms with Crippen LogP contribution in [0.3, 0.4) is 0 Å². The maximum Gasteiger partial charge on any atom is 0.261 e. The Kier molecular flexibility index (Phi) is 5.83. The Morgan fingerprint density at radius 1 is 0.935 bits per heavy atom. The van der Waals surface area contributed by atoms with Crippen molar-refractivity contribution >= 4 is 44.6 Å². The van der Waals surface area contributed by atoms with Gasteiger partial charge in [0.25, 0.3) is 10.0 Å². The first kappa shape index (κ1) is 20.8. The fourth-order valence-corrected chi connectivity index (χ4v) is 4.17. The van der Waals surface area contributed by atoms with Gasteiger partial charge in [0.15, 0.2) is 0 Å². The van der Waals surface area contributed by atoms with Crippen LogP contribution in [0.25, 0.3) is 0 Å². The second-order valence-corrected chi connectivity index (χ2v) is 8.77. The molecule has 31 heavy (non-hydrogen) atoms. The average Bonchev–Trinajstić information content (AvgIpc) is 2.78. The number of hydrogen-bond donors (Lipinski definition) is 1. The summed E-state index contributed by atoms with van der Waals surface area (Å²) >= 11 is 5.87. The van der Waals surface area contributed by atoms with Crippen LogP contribution in [0.5, 0.6) is 0 Å². The Morgan fingerprint density at radius 2 is 1.68 bits per heavy atom. The molecule has 0 radical (unpaired) electrons. The summed E-state index contributed by atoms with van der Waals surface area (Å²) in [6.45, 7) is 1.93. The van der Waals surface area contributed by atoms with E-state index in [1.54, 1.807) is 43.0 Å². The van der Waals surface area contributed by atoms with E-state index in [1.165, 1.54) is 24.3 Å². The standard InChI is InChI=1S/C22H18ClN5O2S/c1-16-5-8-18(27-31(29,30)20-9-6-17(23)7-10-20)14-21(16)28(19-4-2-11-24-15-19)22-25-12-3-13-26-22/h2-15,27H,1H3. The van der Waals surface area contributed by atoms with Crippen LogP contribution in [-0.2, 0) is 10.0 Å². The maximum absolute atomic E-state index is 12.8. The first-order valence-corrected chi connectivity index (χ1v) is 11.2. The molecular weight excluding hydrogens is 434 g/mol. The molecule has 0 spiro atoms. The summed E-state index contributed by atoms with van der Waals surface area (Å²) < 4.78 is 28.3. The Morgan fingerprint density at radius 3 is 2.35 bits per heavy atom. The van der Waals surface area contributed by atoms with E-state index in [0.717, 1.165) is 16.9 Å². The monoisotopic (exact) mass is 451 g/mol. The first-order valence-electron chi connectivity index (χ1n) is 9.30. The van der Waals surface area contributed by atoms with E-state index in [1.807, 2.05) is 30.0 Å². The molecule has 4 aromatic rings. The van der Waals surface area contributed by atoms with Crippen LogP contribution in [0, 0.1) is 6.92 Å². The molecule has 0 aliphatic rings. The van der Waals surface area contributed by atoms with Gasteiger partial charge >= 0.3 is 0 Å². The molecule has 0 aliphatic heterocycles. The second kappa shape index (κ2) is 8.71. The molecule has 0 unspecified atom stereocenters. The van der Waals surface area contributed by atoms with Crippen molar-refractivity contribution < 1.29 is 8.42 Å². The van der Waals surface area contributed by atoms with Crippen molar-refractivity contribution in [3.63, 3.8) is 0 Å². The van der Waals surface area contributed by atoms with Crippen molar-refractivity contribution in [2.24, 2.45) is 0 Å². The Labute approximate surface area is 185 Å². The number of nitrogens with zero attached hydrogens (tertiary/aromatic N) is 4. The van der Waals surface area contributed by atoms with Gasteiger partial charge in [0, 0.05) is 23.6 Å². The smallest absolute Gasteiger partial charge is 0.261 e. The third-order valence-corrected chi connectivity index (χ3v) is 6.13. The van der Waals surface area contributed by atoms with Gasteiger partial charge in [-0.25, -0.2) is 18.4 Å². The van der Waals surface area contributed by atoms with E-state index < -0.39 is 10.0 Å². The number of aryl methyl sites for hydroxylation is 1. The van der Waals surface area contributed by atoms with E-state index in [4.69, 9.17) is 11.6 Å². The van der Waals surface area contributed by atoms with Crippen LogP contribution in [0.4, 0.5) is 23.0 Å². The number of rotatable bonds is 6. The molecule has 0 bridgehead atoms. The molecule has 4 rings (SSSR count). The van der Waals surface area contributed by atoms with Gasteiger partial charge in [-0.2, -0.15) is 0 Å². The van der Waals surface area contributed by atoms with Crippen molar-refractivity contribution in [3.8, 4) is 0 Å². The molecule has 0 saturated heterocycles. The highest BCUT2D eigenvalue weighted by Crippen LogP contribution is 2.35. The number of benzene rings is 2. The van der Waals surface area contributed by atoms with Crippen molar-refractivity contribution in [2.45, 2.75) is 11.8 Å². The van der Waals surface area contributed by atoms with Gasteiger partial charge in [0.05, 0.1) is 28.2 Å². The van der Waals surface area contributed by atoms with E-state index >= 15 is 0 Å². The minimum atomic E-state index is -3.79. The van der Waals surface area contributed by atoms with Gasteiger partial charge in [-0.05, 0) is 67.1 Å². The van der Waals surface area contributed by atoms with Crippen molar-refractivity contribution in [1.29, 1.82) is 0 Å². The normalized spacial score (nSPS) is 11.2. The van der Waals surface area contributed by atoms with E-state index in [9.17, 15) is 8.42 Å². The zero-order valence-electron chi connectivity index (χ0n) is 16.5. The molecular formula is C22H18ClN5O2S. The highest BCUT2D eigenvalue weighted by Gasteiger charge is 2.19. The summed E-state index contributed by atoms with van der Waals surface area (Å²) in [7, 11) is -3.79. The fourth-order valence-electron chi connectivity index (χ4n) is 3.00. The van der Waals surface area contributed by atoms with Gasteiger partial charge in [-0.1, -0.05) is 17.7 Å². The van der Waals surface area contributed by atoms with Crippen molar-refractivity contribution in [3.05, 3.63) is 96.0 Å². The van der Waals surface area contributed by atoms with Crippen LogP contribution in [0.1, 0.15) is 5.56 Å². The predicted molar refractivity (Wildman–Crippen MR) is 122 cm³/mol. The number of hydrogen-bond acceptors (Lipinski definition) is 6. The SMILES string of the molecule is Cc1ccc(NS(=O)(=O)c2ccc(Cl)cc2)cc1N(c1cccnc1)c1ncccn1. The molecule has 7 nitrogen and oxygen atoms in total. The van der Waals surface area contributed by atoms with E-state index in [0.29, 0.717) is 16.7 Å². The lowest BCUT2D eigenvalue weighted by Crippen LogP contribution is -2.16. The molecule has 2 aromatic carbocycles. The summed E-state index contributed by atoms with van der Waals surface area (Å²) in [6.07, 6.45) is 6.67. The molecule has 9 heteroatoms. The summed E-state index contributed by atoms with van der Waals surface area (Å²) in [4.78, 5) is 14.9. The third kappa shape index (κ3) is 4.65. The second-order valence-electron chi connectivity index (χ2n) is 6.66. The van der Waals surface area contributed by atoms with Crippen LogP contribution in [-0.4, -0.2) is 23.4 Å². The number of sulfonamides is 1. The molecule has 156 valence electrons. The number of aromatic nitrogens is 3. The van der Waals surface area contributed by atoms with Gasteiger partial charge in [0.1, 0.15) is 0 Å². The van der Waals surface area contributed by atoms with Crippen molar-refractivity contribution in [1.82, 2.24) is 15.0 Å². The maximum atomic E-state index is 12.8. The molecule has 0 amide bonds. The van der Waals surface area contributed by atoms with E-state index in [2.05, 4.69) is 19.7 Å². The molecule has 1 N–H and O–H groups in total. The van der Waals surface area contributed by atoms with Crippen LogP contribution < -0.4 is 9.62 Å². The number of nitrogens with one attached hydrogen (secondary N) is 1. The topological polar surface area (TPSA) is 88.1 Å².